The zero-order valence-corrected chi connectivity index (χ0v) is 11.4. The topological polar surface area (TPSA) is 85.4 Å². The standard InChI is InChI=1S/C16H10N2O4/c17-9-13(11-4-2-1-3-5-11)6-12-7-15-16(22-10-21-15)8-14(12)18(19)20/h1-8H,10H2/b13-6+. The molecular formula is C16H10N2O4. The van der Waals surface area contributed by atoms with E-state index in [1.807, 2.05) is 6.07 Å². The Hall–Kier alpha value is -3.33. The summed E-state index contributed by atoms with van der Waals surface area (Å²) in [4.78, 5) is 10.7. The van der Waals surface area contributed by atoms with Crippen molar-refractivity contribution >= 4 is 17.3 Å². The molecule has 0 saturated heterocycles. The van der Waals surface area contributed by atoms with Crippen molar-refractivity contribution in [1.82, 2.24) is 0 Å². The molecule has 0 bridgehead atoms. The Morgan fingerprint density at radius 2 is 1.91 bits per heavy atom. The number of benzene rings is 2. The van der Waals surface area contributed by atoms with Gasteiger partial charge in [0.15, 0.2) is 11.5 Å². The molecule has 0 N–H and O–H groups in total. The number of nitrogens with zero attached hydrogens (tertiary/aromatic N) is 2. The van der Waals surface area contributed by atoms with E-state index < -0.39 is 4.92 Å². The van der Waals surface area contributed by atoms with E-state index >= 15 is 0 Å². The lowest BCUT2D eigenvalue weighted by molar-refractivity contribution is -0.385. The van der Waals surface area contributed by atoms with Gasteiger partial charge in [0.25, 0.3) is 5.69 Å². The number of hydrogen-bond acceptors (Lipinski definition) is 5. The van der Waals surface area contributed by atoms with Crippen LogP contribution in [-0.2, 0) is 0 Å². The van der Waals surface area contributed by atoms with Gasteiger partial charge in [-0.25, -0.2) is 0 Å². The van der Waals surface area contributed by atoms with Gasteiger partial charge in [0.05, 0.1) is 28.2 Å². The average Bonchev–Trinajstić information content (AvgIpc) is 2.99. The fourth-order valence-electron chi connectivity index (χ4n) is 2.17. The van der Waals surface area contributed by atoms with Crippen LogP contribution in [0.4, 0.5) is 5.69 Å². The van der Waals surface area contributed by atoms with Gasteiger partial charge in [0, 0.05) is 0 Å². The summed E-state index contributed by atoms with van der Waals surface area (Å²) in [6.07, 6.45) is 1.48. The van der Waals surface area contributed by atoms with E-state index in [4.69, 9.17) is 9.47 Å². The van der Waals surface area contributed by atoms with E-state index in [0.29, 0.717) is 28.2 Å². The highest BCUT2D eigenvalue weighted by molar-refractivity contribution is 5.91. The average molecular weight is 294 g/mol. The van der Waals surface area contributed by atoms with Crippen molar-refractivity contribution in [1.29, 1.82) is 5.26 Å². The second-order valence-corrected chi connectivity index (χ2v) is 4.56. The van der Waals surface area contributed by atoms with E-state index in [1.54, 1.807) is 24.3 Å². The zero-order valence-electron chi connectivity index (χ0n) is 11.4. The lowest BCUT2D eigenvalue weighted by Gasteiger charge is -2.03. The molecule has 0 saturated carbocycles. The van der Waals surface area contributed by atoms with Crippen LogP contribution in [0, 0.1) is 21.4 Å². The minimum atomic E-state index is -0.506. The smallest absolute Gasteiger partial charge is 0.280 e. The quantitative estimate of drug-likeness (QED) is 0.375. The molecule has 0 aliphatic carbocycles. The van der Waals surface area contributed by atoms with Crippen LogP contribution in [0.3, 0.4) is 0 Å². The molecule has 0 spiro atoms. The first-order valence-electron chi connectivity index (χ1n) is 6.44. The summed E-state index contributed by atoms with van der Waals surface area (Å²) in [5.74, 6) is 0.768. The first kappa shape index (κ1) is 13.6. The third kappa shape index (κ3) is 2.47. The van der Waals surface area contributed by atoms with Gasteiger partial charge in [-0.3, -0.25) is 10.1 Å². The molecule has 108 valence electrons. The van der Waals surface area contributed by atoms with Crippen LogP contribution in [0.15, 0.2) is 42.5 Å². The van der Waals surface area contributed by atoms with Crippen molar-refractivity contribution < 1.29 is 14.4 Å². The fraction of sp³-hybridized carbons (Fsp3) is 0.0625. The first-order valence-corrected chi connectivity index (χ1v) is 6.44. The summed E-state index contributed by atoms with van der Waals surface area (Å²) < 4.78 is 10.4. The predicted molar refractivity (Wildman–Crippen MR) is 79.1 cm³/mol. The van der Waals surface area contributed by atoms with Gasteiger partial charge in [0.1, 0.15) is 0 Å². The van der Waals surface area contributed by atoms with Gasteiger partial charge < -0.3 is 9.47 Å². The minimum absolute atomic E-state index is 0.0312. The van der Waals surface area contributed by atoms with Gasteiger partial charge in [-0.05, 0) is 17.7 Å². The summed E-state index contributed by atoms with van der Waals surface area (Å²) in [5, 5.41) is 20.5. The Balaban J connectivity index is 2.13. The Morgan fingerprint density at radius 3 is 2.55 bits per heavy atom. The Kier molecular flexibility index (Phi) is 3.46. The van der Waals surface area contributed by atoms with Gasteiger partial charge in [-0.2, -0.15) is 5.26 Å². The Labute approximate surface area is 126 Å². The summed E-state index contributed by atoms with van der Waals surface area (Å²) >= 11 is 0. The number of ether oxygens (including phenoxy) is 2. The minimum Gasteiger partial charge on any atom is -0.454 e. The molecule has 1 aliphatic rings. The second kappa shape index (κ2) is 5.58. The van der Waals surface area contributed by atoms with Gasteiger partial charge in [0.2, 0.25) is 6.79 Å². The SMILES string of the molecule is N#C/C(=C\c1cc2c(cc1[N+](=O)[O-])OCO2)c1ccccc1. The molecule has 0 atom stereocenters. The summed E-state index contributed by atoms with van der Waals surface area (Å²) in [6, 6.07) is 13.9. The molecule has 2 aromatic carbocycles. The lowest BCUT2D eigenvalue weighted by atomic mass is 10.0. The van der Waals surface area contributed by atoms with Crippen molar-refractivity contribution in [2.24, 2.45) is 0 Å². The molecule has 0 amide bonds. The molecule has 6 nitrogen and oxygen atoms in total. The number of allylic oxidation sites excluding steroid dienone is 1. The number of hydrogen-bond donors (Lipinski definition) is 0. The van der Waals surface area contributed by atoms with E-state index in [2.05, 4.69) is 6.07 Å². The van der Waals surface area contributed by atoms with Crippen molar-refractivity contribution in [3.8, 4) is 17.6 Å². The highest BCUT2D eigenvalue weighted by atomic mass is 16.7. The molecule has 0 radical (unpaired) electrons. The molecule has 1 heterocycles. The molecule has 6 heteroatoms. The molecular weight excluding hydrogens is 284 g/mol. The van der Waals surface area contributed by atoms with Gasteiger partial charge >= 0.3 is 0 Å². The predicted octanol–water partition coefficient (Wildman–Crippen LogP) is 3.39. The number of nitro groups is 1. The van der Waals surface area contributed by atoms with Crippen molar-refractivity contribution in [2.75, 3.05) is 6.79 Å². The van der Waals surface area contributed by atoms with E-state index in [0.717, 1.165) is 0 Å². The number of nitro benzene ring substituents is 1. The molecule has 0 unspecified atom stereocenters. The summed E-state index contributed by atoms with van der Waals surface area (Å²) in [6.45, 7) is 0.0312. The summed E-state index contributed by atoms with van der Waals surface area (Å²) in [5.41, 5.74) is 1.20. The van der Waals surface area contributed by atoms with Crippen LogP contribution in [0.5, 0.6) is 11.5 Å². The zero-order chi connectivity index (χ0) is 15.5. The highest BCUT2D eigenvalue weighted by Gasteiger charge is 2.22. The van der Waals surface area contributed by atoms with Crippen LogP contribution >= 0.6 is 0 Å². The molecule has 0 aromatic heterocycles. The number of nitriles is 1. The fourth-order valence-corrected chi connectivity index (χ4v) is 2.17. The van der Waals surface area contributed by atoms with Gasteiger partial charge in [-0.15, -0.1) is 0 Å². The largest absolute Gasteiger partial charge is 0.454 e. The van der Waals surface area contributed by atoms with Crippen molar-refractivity contribution in [3.63, 3.8) is 0 Å². The maximum Gasteiger partial charge on any atom is 0.280 e. The molecule has 0 fully saturated rings. The molecule has 1 aliphatic heterocycles. The maximum atomic E-state index is 11.2. The van der Waals surface area contributed by atoms with Crippen LogP contribution in [0.2, 0.25) is 0 Å². The highest BCUT2D eigenvalue weighted by Crippen LogP contribution is 2.39. The van der Waals surface area contributed by atoms with Crippen molar-refractivity contribution in [3.05, 3.63) is 63.7 Å². The van der Waals surface area contributed by atoms with E-state index in [9.17, 15) is 15.4 Å². The molecule has 22 heavy (non-hydrogen) atoms. The molecule has 3 rings (SSSR count). The maximum absolute atomic E-state index is 11.2. The Morgan fingerprint density at radius 1 is 1.23 bits per heavy atom. The Bertz CT molecular complexity index is 807. The molecule has 2 aromatic rings. The van der Waals surface area contributed by atoms with Crippen LogP contribution < -0.4 is 9.47 Å². The van der Waals surface area contributed by atoms with E-state index in [1.165, 1.54) is 18.2 Å². The van der Waals surface area contributed by atoms with Crippen LogP contribution in [0.25, 0.3) is 11.6 Å². The van der Waals surface area contributed by atoms with E-state index in [-0.39, 0.29) is 12.5 Å². The lowest BCUT2D eigenvalue weighted by Crippen LogP contribution is -1.93. The first-order chi connectivity index (χ1) is 10.7. The second-order valence-electron chi connectivity index (χ2n) is 4.56. The summed E-state index contributed by atoms with van der Waals surface area (Å²) in [7, 11) is 0. The normalized spacial score (nSPS) is 12.8. The third-order valence-electron chi connectivity index (χ3n) is 3.22. The number of rotatable bonds is 3. The van der Waals surface area contributed by atoms with Gasteiger partial charge in [-0.1, -0.05) is 30.3 Å². The number of fused-ring (bicyclic) bond motifs is 1. The van der Waals surface area contributed by atoms with Crippen LogP contribution in [0.1, 0.15) is 11.1 Å². The van der Waals surface area contributed by atoms with Crippen molar-refractivity contribution in [2.45, 2.75) is 0 Å². The van der Waals surface area contributed by atoms with Crippen LogP contribution in [-0.4, -0.2) is 11.7 Å². The third-order valence-corrected chi connectivity index (χ3v) is 3.22. The monoisotopic (exact) mass is 294 g/mol.